The van der Waals surface area contributed by atoms with Gasteiger partial charge in [0.1, 0.15) is 0 Å². The molecule has 0 bridgehead atoms. The Morgan fingerprint density at radius 1 is 1.00 bits per heavy atom. The number of carbonyl (C=O) groups excluding carboxylic acids is 2. The van der Waals surface area contributed by atoms with E-state index in [2.05, 4.69) is 10.6 Å². The van der Waals surface area contributed by atoms with Gasteiger partial charge in [0.05, 0.1) is 5.41 Å². The predicted molar refractivity (Wildman–Crippen MR) is 107 cm³/mol. The molecule has 0 aliphatic heterocycles. The fourth-order valence-electron chi connectivity index (χ4n) is 3.86. The van der Waals surface area contributed by atoms with Gasteiger partial charge in [0.25, 0.3) is 5.91 Å². The van der Waals surface area contributed by atoms with E-state index >= 15 is 0 Å². The van der Waals surface area contributed by atoms with Gasteiger partial charge in [-0.05, 0) is 67.6 Å². The van der Waals surface area contributed by atoms with Crippen molar-refractivity contribution in [3.05, 3.63) is 64.7 Å². The molecule has 0 spiro atoms. The summed E-state index contributed by atoms with van der Waals surface area (Å²) in [5.74, 6) is -0.0565. The molecule has 0 heterocycles. The minimum atomic E-state index is -0.535. The second-order valence-electron chi connectivity index (χ2n) is 7.58. The first-order chi connectivity index (χ1) is 13.1. The van der Waals surface area contributed by atoms with Crippen LogP contribution in [0.15, 0.2) is 48.5 Å². The van der Waals surface area contributed by atoms with Crippen molar-refractivity contribution in [3.8, 4) is 0 Å². The molecule has 2 fully saturated rings. The third-order valence-corrected chi connectivity index (χ3v) is 5.82. The largest absolute Gasteiger partial charge is 0.349 e. The van der Waals surface area contributed by atoms with Crippen molar-refractivity contribution in [2.24, 2.45) is 0 Å². The lowest BCUT2D eigenvalue weighted by molar-refractivity contribution is -0.121. The number of anilines is 1. The second-order valence-corrected chi connectivity index (χ2v) is 8.02. The minimum absolute atomic E-state index is 0.00236. The molecule has 2 aromatic carbocycles. The van der Waals surface area contributed by atoms with Gasteiger partial charge in [-0.2, -0.15) is 0 Å². The fraction of sp³-hybridized carbons (Fsp3) is 0.364. The van der Waals surface area contributed by atoms with Crippen molar-refractivity contribution in [2.75, 3.05) is 5.32 Å². The Labute approximate surface area is 164 Å². The number of carbonyl (C=O) groups is 2. The second kappa shape index (κ2) is 7.35. The van der Waals surface area contributed by atoms with Gasteiger partial charge < -0.3 is 10.6 Å². The summed E-state index contributed by atoms with van der Waals surface area (Å²) in [5, 5.41) is 6.67. The zero-order chi connectivity index (χ0) is 18.9. The number of rotatable bonds is 5. The van der Waals surface area contributed by atoms with Crippen molar-refractivity contribution in [1.29, 1.82) is 0 Å². The summed E-state index contributed by atoms with van der Waals surface area (Å²) in [5.41, 5.74) is 1.76. The van der Waals surface area contributed by atoms with Crippen LogP contribution in [0.25, 0.3) is 0 Å². The zero-order valence-electron chi connectivity index (χ0n) is 15.1. The lowest BCUT2D eigenvalue weighted by atomic mass is 9.78. The van der Waals surface area contributed by atoms with Crippen LogP contribution in [0.1, 0.15) is 54.4 Å². The summed E-state index contributed by atoms with van der Waals surface area (Å²) < 4.78 is 0. The van der Waals surface area contributed by atoms with Crippen LogP contribution >= 0.6 is 11.6 Å². The molecule has 27 heavy (non-hydrogen) atoms. The van der Waals surface area contributed by atoms with Gasteiger partial charge in [0.15, 0.2) is 0 Å². The maximum absolute atomic E-state index is 13.2. The van der Waals surface area contributed by atoms with Gasteiger partial charge in [0.2, 0.25) is 5.91 Å². The number of benzene rings is 2. The fourth-order valence-corrected chi connectivity index (χ4v) is 4.05. The molecule has 2 aliphatic rings. The molecule has 0 aromatic heterocycles. The van der Waals surface area contributed by atoms with Gasteiger partial charge >= 0.3 is 0 Å². The van der Waals surface area contributed by atoms with E-state index < -0.39 is 5.41 Å². The number of hydrogen-bond acceptors (Lipinski definition) is 2. The summed E-state index contributed by atoms with van der Waals surface area (Å²) in [7, 11) is 0. The van der Waals surface area contributed by atoms with Gasteiger partial charge in [-0.15, -0.1) is 0 Å². The van der Waals surface area contributed by atoms with Crippen molar-refractivity contribution in [1.82, 2.24) is 5.32 Å². The number of hydrogen-bond donors (Lipinski definition) is 2. The molecule has 4 rings (SSSR count). The average molecular weight is 383 g/mol. The summed E-state index contributed by atoms with van der Waals surface area (Å²) in [6.45, 7) is 0. The van der Waals surface area contributed by atoms with Crippen molar-refractivity contribution in [3.63, 3.8) is 0 Å². The maximum atomic E-state index is 13.2. The maximum Gasteiger partial charge on any atom is 0.251 e. The van der Waals surface area contributed by atoms with E-state index in [1.165, 1.54) is 0 Å². The molecule has 2 amide bonds. The number of amides is 2. The van der Waals surface area contributed by atoms with E-state index in [0.717, 1.165) is 44.1 Å². The SMILES string of the molecule is O=C(NC1CC1)c1ccc(NC(=O)C2(c3cccc(Cl)c3)CCCC2)cc1. The van der Waals surface area contributed by atoms with Crippen molar-refractivity contribution in [2.45, 2.75) is 50.0 Å². The third kappa shape index (κ3) is 3.86. The quantitative estimate of drug-likeness (QED) is 0.788. The molecule has 2 aliphatic carbocycles. The van der Waals surface area contributed by atoms with Gasteiger partial charge in [-0.1, -0.05) is 36.6 Å². The zero-order valence-corrected chi connectivity index (χ0v) is 15.9. The Balaban J connectivity index is 1.50. The summed E-state index contributed by atoms with van der Waals surface area (Å²) in [6, 6.07) is 15.1. The molecular formula is C22H23ClN2O2. The highest BCUT2D eigenvalue weighted by Gasteiger charge is 2.42. The Morgan fingerprint density at radius 2 is 1.70 bits per heavy atom. The molecule has 0 atom stereocenters. The van der Waals surface area contributed by atoms with E-state index in [-0.39, 0.29) is 11.8 Å². The molecule has 2 aromatic rings. The molecule has 2 N–H and O–H groups in total. The molecule has 0 saturated heterocycles. The summed E-state index contributed by atoms with van der Waals surface area (Å²) in [6.07, 6.45) is 5.82. The molecular weight excluding hydrogens is 360 g/mol. The van der Waals surface area contributed by atoms with Crippen LogP contribution in [-0.2, 0) is 10.2 Å². The predicted octanol–water partition coefficient (Wildman–Crippen LogP) is 4.68. The van der Waals surface area contributed by atoms with Crippen LogP contribution in [0, 0.1) is 0 Å². The van der Waals surface area contributed by atoms with Crippen LogP contribution in [0.4, 0.5) is 5.69 Å². The Hall–Kier alpha value is -2.33. The lowest BCUT2D eigenvalue weighted by Gasteiger charge is -2.28. The van der Waals surface area contributed by atoms with Crippen LogP contribution in [0.5, 0.6) is 0 Å². The molecule has 0 radical (unpaired) electrons. The van der Waals surface area contributed by atoms with E-state index in [9.17, 15) is 9.59 Å². The molecule has 2 saturated carbocycles. The van der Waals surface area contributed by atoms with Gasteiger partial charge in [-0.25, -0.2) is 0 Å². The van der Waals surface area contributed by atoms with Crippen LogP contribution in [0.2, 0.25) is 5.02 Å². The van der Waals surface area contributed by atoms with E-state index in [1.807, 2.05) is 24.3 Å². The van der Waals surface area contributed by atoms with Gasteiger partial charge in [0, 0.05) is 22.3 Å². The van der Waals surface area contributed by atoms with Gasteiger partial charge in [-0.3, -0.25) is 9.59 Å². The van der Waals surface area contributed by atoms with Crippen LogP contribution in [-0.4, -0.2) is 17.9 Å². The Morgan fingerprint density at radius 3 is 2.33 bits per heavy atom. The Kier molecular flexibility index (Phi) is 4.92. The molecule has 140 valence electrons. The highest BCUT2D eigenvalue weighted by Crippen LogP contribution is 2.42. The third-order valence-electron chi connectivity index (χ3n) is 5.59. The minimum Gasteiger partial charge on any atom is -0.349 e. The van der Waals surface area contributed by atoms with E-state index in [0.29, 0.717) is 22.3 Å². The van der Waals surface area contributed by atoms with E-state index in [1.54, 1.807) is 24.3 Å². The van der Waals surface area contributed by atoms with Crippen molar-refractivity contribution < 1.29 is 9.59 Å². The number of halogens is 1. The lowest BCUT2D eigenvalue weighted by Crippen LogP contribution is -2.38. The highest BCUT2D eigenvalue weighted by molar-refractivity contribution is 6.30. The highest BCUT2D eigenvalue weighted by atomic mass is 35.5. The monoisotopic (exact) mass is 382 g/mol. The molecule has 0 unspecified atom stereocenters. The topological polar surface area (TPSA) is 58.2 Å². The average Bonchev–Trinajstić information content (AvgIpc) is 3.33. The standard InChI is InChI=1S/C22H23ClN2O2/c23-17-5-3-4-16(14-17)22(12-1-2-13-22)21(27)25-19-8-6-15(7-9-19)20(26)24-18-10-11-18/h3-9,14,18H,1-2,10-13H2,(H,24,26)(H,25,27). The smallest absolute Gasteiger partial charge is 0.251 e. The van der Waals surface area contributed by atoms with Crippen LogP contribution < -0.4 is 10.6 Å². The van der Waals surface area contributed by atoms with Crippen molar-refractivity contribution >= 4 is 29.1 Å². The summed E-state index contributed by atoms with van der Waals surface area (Å²) in [4.78, 5) is 25.3. The van der Waals surface area contributed by atoms with Crippen LogP contribution in [0.3, 0.4) is 0 Å². The van der Waals surface area contributed by atoms with E-state index in [4.69, 9.17) is 11.6 Å². The first-order valence-corrected chi connectivity index (χ1v) is 9.93. The number of nitrogens with one attached hydrogen (secondary N) is 2. The normalized spacial score (nSPS) is 18.1. The summed E-state index contributed by atoms with van der Waals surface area (Å²) >= 11 is 6.17. The molecule has 4 nitrogen and oxygen atoms in total. The first-order valence-electron chi connectivity index (χ1n) is 9.55. The molecule has 5 heteroatoms. The Bertz CT molecular complexity index is 853. The first kappa shape index (κ1) is 18.1.